The molecule has 1 fully saturated rings. The molecule has 4 nitrogen and oxygen atoms in total. The molecule has 30 heavy (non-hydrogen) atoms. The Labute approximate surface area is 171 Å². The highest BCUT2D eigenvalue weighted by molar-refractivity contribution is 5.94. The molecule has 3 rings (SSSR count). The molecule has 1 saturated heterocycles. The van der Waals surface area contributed by atoms with E-state index >= 15 is 0 Å². The zero-order valence-corrected chi connectivity index (χ0v) is 16.8. The molecule has 9 heteroatoms. The predicted molar refractivity (Wildman–Crippen MR) is 105 cm³/mol. The number of nitrogens with zero attached hydrogens (tertiary/aromatic N) is 2. The summed E-state index contributed by atoms with van der Waals surface area (Å²) in [6.07, 6.45) is 0. The van der Waals surface area contributed by atoms with Gasteiger partial charge in [0.1, 0.15) is 5.69 Å². The topological polar surface area (TPSA) is 35.6 Å². The summed E-state index contributed by atoms with van der Waals surface area (Å²) in [5.41, 5.74) is 0.0320. The third-order valence-electron chi connectivity index (χ3n) is 4.95. The Morgan fingerprint density at radius 2 is 1.20 bits per heavy atom. The highest BCUT2D eigenvalue weighted by Crippen LogP contribution is 2.31. The Morgan fingerprint density at radius 1 is 0.767 bits per heavy atom. The largest absolute Gasteiger partial charge is 0.368 e. The van der Waals surface area contributed by atoms with Gasteiger partial charge in [-0.3, -0.25) is 4.79 Å². The number of hydrogen-bond donors (Lipinski definition) is 1. The summed E-state index contributed by atoms with van der Waals surface area (Å²) in [6.45, 7) is 6.24. The molecular weight excluding hydrogens is 405 g/mol. The van der Waals surface area contributed by atoms with Crippen LogP contribution in [0.1, 0.15) is 20.8 Å². The van der Waals surface area contributed by atoms with Gasteiger partial charge in [0.25, 0.3) is 0 Å². The average Bonchev–Trinajstić information content (AvgIpc) is 2.71. The van der Waals surface area contributed by atoms with E-state index in [0.29, 0.717) is 18.8 Å². The highest BCUT2D eigenvalue weighted by atomic mass is 19.2. The molecule has 0 bridgehead atoms. The maximum absolute atomic E-state index is 14.0. The summed E-state index contributed by atoms with van der Waals surface area (Å²) in [6, 6.07) is 7.09. The first-order valence-corrected chi connectivity index (χ1v) is 9.43. The van der Waals surface area contributed by atoms with Gasteiger partial charge in [-0.1, -0.05) is 20.8 Å². The average molecular weight is 427 g/mol. The predicted octanol–water partition coefficient (Wildman–Crippen LogP) is 4.69. The quantitative estimate of drug-likeness (QED) is 0.439. The molecule has 0 aromatic heterocycles. The summed E-state index contributed by atoms with van der Waals surface area (Å²) in [5, 5.41) is 2.82. The molecule has 0 unspecified atom stereocenters. The van der Waals surface area contributed by atoms with E-state index in [1.54, 1.807) is 45.0 Å². The van der Waals surface area contributed by atoms with Gasteiger partial charge in [-0.25, -0.2) is 22.0 Å². The van der Waals surface area contributed by atoms with E-state index in [-0.39, 0.29) is 19.0 Å². The summed E-state index contributed by atoms with van der Waals surface area (Å²) in [4.78, 5) is 15.1. The Balaban J connectivity index is 1.69. The van der Waals surface area contributed by atoms with Gasteiger partial charge in [-0.2, -0.15) is 0 Å². The van der Waals surface area contributed by atoms with Crippen molar-refractivity contribution in [3.05, 3.63) is 53.4 Å². The van der Waals surface area contributed by atoms with Crippen molar-refractivity contribution in [2.75, 3.05) is 41.3 Å². The van der Waals surface area contributed by atoms with Crippen LogP contribution < -0.4 is 15.1 Å². The van der Waals surface area contributed by atoms with E-state index in [4.69, 9.17) is 0 Å². The van der Waals surface area contributed by atoms with Crippen molar-refractivity contribution < 1.29 is 26.7 Å². The molecule has 2 aromatic carbocycles. The van der Waals surface area contributed by atoms with Crippen molar-refractivity contribution in [2.45, 2.75) is 20.8 Å². The number of amides is 1. The number of rotatable bonds is 3. The number of hydrogen-bond acceptors (Lipinski definition) is 3. The summed E-state index contributed by atoms with van der Waals surface area (Å²) >= 11 is 0. The van der Waals surface area contributed by atoms with Crippen LogP contribution in [0.5, 0.6) is 0 Å². The van der Waals surface area contributed by atoms with Gasteiger partial charge in [0.2, 0.25) is 11.7 Å². The van der Waals surface area contributed by atoms with Gasteiger partial charge in [0.05, 0.1) is 0 Å². The normalized spacial score (nSPS) is 14.8. The molecule has 1 N–H and O–H groups in total. The minimum atomic E-state index is -2.16. The Morgan fingerprint density at radius 3 is 1.67 bits per heavy atom. The van der Waals surface area contributed by atoms with Crippen LogP contribution in [0.25, 0.3) is 0 Å². The molecule has 162 valence electrons. The van der Waals surface area contributed by atoms with Crippen molar-refractivity contribution in [1.29, 1.82) is 0 Å². The minimum absolute atomic E-state index is 0.0842. The Hall–Kier alpha value is -2.84. The lowest BCUT2D eigenvalue weighted by molar-refractivity contribution is -0.123. The monoisotopic (exact) mass is 427 g/mol. The van der Waals surface area contributed by atoms with Crippen LogP contribution >= 0.6 is 0 Å². The molecular formula is C21H22F5N3O. The zero-order valence-electron chi connectivity index (χ0n) is 16.8. The molecule has 1 aliphatic heterocycles. The maximum atomic E-state index is 14.0. The van der Waals surface area contributed by atoms with Crippen LogP contribution in [0, 0.1) is 34.5 Å². The molecule has 2 aromatic rings. The minimum Gasteiger partial charge on any atom is -0.368 e. The van der Waals surface area contributed by atoms with Gasteiger partial charge in [-0.15, -0.1) is 0 Å². The van der Waals surface area contributed by atoms with Crippen molar-refractivity contribution in [1.82, 2.24) is 0 Å². The van der Waals surface area contributed by atoms with Crippen molar-refractivity contribution in [3.8, 4) is 0 Å². The number of nitrogens with one attached hydrogen (secondary N) is 1. The van der Waals surface area contributed by atoms with Gasteiger partial charge in [0.15, 0.2) is 23.3 Å². The van der Waals surface area contributed by atoms with Crippen LogP contribution in [0.4, 0.5) is 39.0 Å². The van der Waals surface area contributed by atoms with E-state index < -0.39 is 40.2 Å². The third-order valence-corrected chi connectivity index (χ3v) is 4.95. The second-order valence-corrected chi connectivity index (χ2v) is 8.14. The number of piperazine rings is 1. The van der Waals surface area contributed by atoms with Crippen LogP contribution in [0.15, 0.2) is 24.3 Å². The molecule has 1 amide bonds. The number of halogens is 5. The first-order chi connectivity index (χ1) is 14.0. The Bertz CT molecular complexity index is 920. The number of benzene rings is 2. The lowest BCUT2D eigenvalue weighted by atomic mass is 9.95. The fraction of sp³-hybridized carbons (Fsp3) is 0.381. The summed E-state index contributed by atoms with van der Waals surface area (Å²) in [5.74, 6) is -9.81. The zero-order chi connectivity index (χ0) is 22.2. The van der Waals surface area contributed by atoms with E-state index in [2.05, 4.69) is 5.32 Å². The first kappa shape index (κ1) is 21.9. The number of anilines is 3. The van der Waals surface area contributed by atoms with E-state index in [1.165, 1.54) is 0 Å². The van der Waals surface area contributed by atoms with Crippen LogP contribution in [0.3, 0.4) is 0 Å². The lowest BCUT2D eigenvalue weighted by Gasteiger charge is -2.37. The SMILES string of the molecule is CC(C)(C)C(=O)Nc1ccc(N2CCN(c3c(F)c(F)c(F)c(F)c3F)CC2)cc1. The second kappa shape index (κ2) is 8.12. The number of carbonyl (C=O) groups is 1. The fourth-order valence-electron chi connectivity index (χ4n) is 3.13. The molecule has 1 aliphatic rings. The Kier molecular flexibility index (Phi) is 5.92. The number of carbonyl (C=O) groups excluding carboxylic acids is 1. The van der Waals surface area contributed by atoms with E-state index in [0.717, 1.165) is 10.6 Å². The van der Waals surface area contributed by atoms with E-state index in [9.17, 15) is 26.7 Å². The van der Waals surface area contributed by atoms with Crippen molar-refractivity contribution in [3.63, 3.8) is 0 Å². The van der Waals surface area contributed by atoms with Crippen molar-refractivity contribution >= 4 is 23.0 Å². The molecule has 1 heterocycles. The smallest absolute Gasteiger partial charge is 0.229 e. The summed E-state index contributed by atoms with van der Waals surface area (Å²) < 4.78 is 68.2. The lowest BCUT2D eigenvalue weighted by Crippen LogP contribution is -2.47. The maximum Gasteiger partial charge on any atom is 0.229 e. The summed E-state index contributed by atoms with van der Waals surface area (Å²) in [7, 11) is 0. The highest BCUT2D eigenvalue weighted by Gasteiger charge is 2.30. The van der Waals surface area contributed by atoms with Gasteiger partial charge in [0, 0.05) is 43.0 Å². The molecule has 0 spiro atoms. The van der Waals surface area contributed by atoms with Crippen LogP contribution in [-0.2, 0) is 4.79 Å². The van der Waals surface area contributed by atoms with Crippen LogP contribution in [0.2, 0.25) is 0 Å². The molecule has 0 radical (unpaired) electrons. The second-order valence-electron chi connectivity index (χ2n) is 8.14. The molecule has 0 aliphatic carbocycles. The van der Waals surface area contributed by atoms with E-state index in [1.807, 2.05) is 4.90 Å². The first-order valence-electron chi connectivity index (χ1n) is 9.43. The molecule has 0 atom stereocenters. The van der Waals surface area contributed by atoms with Crippen molar-refractivity contribution in [2.24, 2.45) is 5.41 Å². The van der Waals surface area contributed by atoms with Gasteiger partial charge >= 0.3 is 0 Å². The third kappa shape index (κ3) is 4.20. The van der Waals surface area contributed by atoms with Gasteiger partial charge < -0.3 is 15.1 Å². The fourth-order valence-corrected chi connectivity index (χ4v) is 3.13. The molecule has 0 saturated carbocycles. The van der Waals surface area contributed by atoms with Crippen LogP contribution in [-0.4, -0.2) is 32.1 Å². The standard InChI is InChI=1S/C21H22F5N3O/c1-21(2,3)20(30)27-12-4-6-13(7-5-12)28-8-10-29(11-9-28)19-17(25)15(23)14(22)16(24)18(19)26/h4-7H,8-11H2,1-3H3,(H,27,30). The van der Waals surface area contributed by atoms with Gasteiger partial charge in [-0.05, 0) is 24.3 Å².